The van der Waals surface area contributed by atoms with Crippen LogP contribution in [0.5, 0.6) is 0 Å². The number of rotatable bonds is 4. The van der Waals surface area contributed by atoms with Gasteiger partial charge >= 0.3 is 0 Å². The number of carbonyl (C=O) groups is 1. The molecule has 0 saturated heterocycles. The van der Waals surface area contributed by atoms with Crippen molar-refractivity contribution in [3.05, 3.63) is 10.4 Å². The highest BCUT2D eigenvalue weighted by Gasteiger charge is 2.22. The highest BCUT2D eigenvalue weighted by molar-refractivity contribution is 7.18. The molecule has 1 saturated carbocycles. The number of carbonyl (C=O) groups excluding carboxylic acids is 1. The Labute approximate surface area is 129 Å². The molecule has 1 amide bonds. The summed E-state index contributed by atoms with van der Waals surface area (Å²) in [6.07, 6.45) is 7.20. The van der Waals surface area contributed by atoms with E-state index in [2.05, 4.69) is 16.7 Å². The van der Waals surface area contributed by atoms with Gasteiger partial charge in [0.15, 0.2) is 0 Å². The van der Waals surface area contributed by atoms with Gasteiger partial charge in [-0.1, -0.05) is 25.7 Å². The van der Waals surface area contributed by atoms with Crippen LogP contribution in [0.25, 0.3) is 0 Å². The second-order valence-corrected chi connectivity index (χ2v) is 6.37. The summed E-state index contributed by atoms with van der Waals surface area (Å²) in [5.41, 5.74) is 6.67. The molecule has 2 rings (SSSR count). The van der Waals surface area contributed by atoms with E-state index in [0.717, 1.165) is 17.8 Å². The summed E-state index contributed by atoms with van der Waals surface area (Å²) in [5.74, 6) is -0.203. The Kier molecular flexibility index (Phi) is 5.45. The Morgan fingerprint density at radius 2 is 2.05 bits per heavy atom. The van der Waals surface area contributed by atoms with Crippen LogP contribution in [0.1, 0.15) is 60.7 Å². The molecule has 1 fully saturated rings. The zero-order valence-electron chi connectivity index (χ0n) is 12.4. The molecule has 0 unspecified atom stereocenters. The number of nitrogens with zero attached hydrogens (tertiary/aromatic N) is 1. The minimum absolute atomic E-state index is 0.203. The lowest BCUT2D eigenvalue weighted by Crippen LogP contribution is -2.22. The fourth-order valence-corrected chi connectivity index (χ4v) is 3.74. The van der Waals surface area contributed by atoms with E-state index in [-0.39, 0.29) is 5.91 Å². The third-order valence-corrected chi connectivity index (χ3v) is 4.93. The van der Waals surface area contributed by atoms with Crippen molar-refractivity contribution in [1.82, 2.24) is 5.32 Å². The van der Waals surface area contributed by atoms with Crippen LogP contribution in [0, 0.1) is 11.3 Å². The van der Waals surface area contributed by atoms with Crippen molar-refractivity contribution in [2.45, 2.75) is 51.5 Å². The zero-order chi connectivity index (χ0) is 15.2. The third kappa shape index (κ3) is 3.67. The summed E-state index contributed by atoms with van der Waals surface area (Å²) in [6, 6.07) is 2.50. The summed E-state index contributed by atoms with van der Waals surface area (Å²) >= 11 is 1.29. The predicted molar refractivity (Wildman–Crippen MR) is 86.6 cm³/mol. The number of anilines is 2. The maximum Gasteiger partial charge on any atom is 0.263 e. The monoisotopic (exact) mass is 306 g/mol. The molecular weight excluding hydrogens is 284 g/mol. The van der Waals surface area contributed by atoms with Gasteiger partial charge in [0.1, 0.15) is 21.5 Å². The van der Waals surface area contributed by atoms with Crippen molar-refractivity contribution in [2.24, 2.45) is 0 Å². The first-order chi connectivity index (χ1) is 10.2. The van der Waals surface area contributed by atoms with Gasteiger partial charge in [-0.2, -0.15) is 5.26 Å². The highest BCUT2D eigenvalue weighted by atomic mass is 32.1. The first-order valence-corrected chi connectivity index (χ1v) is 8.36. The van der Waals surface area contributed by atoms with Crippen LogP contribution in [0.3, 0.4) is 0 Å². The molecule has 0 aromatic carbocycles. The molecule has 1 heterocycles. The summed E-state index contributed by atoms with van der Waals surface area (Å²) in [6.45, 7) is 2.40. The maximum absolute atomic E-state index is 12.0. The highest BCUT2D eigenvalue weighted by Crippen LogP contribution is 2.36. The van der Waals surface area contributed by atoms with Gasteiger partial charge in [0.05, 0.1) is 5.69 Å². The molecule has 1 aromatic rings. The predicted octanol–water partition coefficient (Wildman–Crippen LogP) is 3.09. The van der Waals surface area contributed by atoms with Crippen molar-refractivity contribution < 1.29 is 4.79 Å². The normalized spacial score (nSPS) is 16.0. The summed E-state index contributed by atoms with van der Waals surface area (Å²) in [4.78, 5) is 12.4. The number of nitrogens with one attached hydrogen (secondary N) is 2. The molecule has 1 aliphatic carbocycles. The lowest BCUT2D eigenvalue weighted by atomic mass is 10.1. The van der Waals surface area contributed by atoms with E-state index < -0.39 is 0 Å². The zero-order valence-corrected chi connectivity index (χ0v) is 13.2. The van der Waals surface area contributed by atoms with Crippen LogP contribution < -0.4 is 16.4 Å². The van der Waals surface area contributed by atoms with Crippen molar-refractivity contribution in [1.29, 1.82) is 5.26 Å². The molecule has 114 valence electrons. The van der Waals surface area contributed by atoms with E-state index >= 15 is 0 Å². The van der Waals surface area contributed by atoms with Crippen LogP contribution >= 0.6 is 11.3 Å². The fraction of sp³-hybridized carbons (Fsp3) is 0.600. The van der Waals surface area contributed by atoms with E-state index in [4.69, 9.17) is 5.73 Å². The van der Waals surface area contributed by atoms with Crippen LogP contribution in [0.2, 0.25) is 0 Å². The summed E-state index contributed by atoms with van der Waals surface area (Å²) in [5, 5.41) is 16.2. The lowest BCUT2D eigenvalue weighted by molar-refractivity contribution is 0.0960. The number of nitriles is 1. The molecule has 21 heavy (non-hydrogen) atoms. The molecule has 0 aliphatic heterocycles. The third-order valence-electron chi connectivity index (χ3n) is 3.79. The van der Waals surface area contributed by atoms with Crippen LogP contribution in [0.4, 0.5) is 10.7 Å². The number of nitrogen functional groups attached to an aromatic ring is 1. The van der Waals surface area contributed by atoms with Crippen molar-refractivity contribution >= 4 is 27.9 Å². The second kappa shape index (κ2) is 7.32. The van der Waals surface area contributed by atoms with Crippen LogP contribution in [0.15, 0.2) is 0 Å². The number of hydrogen-bond donors (Lipinski definition) is 3. The molecule has 4 N–H and O–H groups in total. The molecule has 1 aromatic heterocycles. The van der Waals surface area contributed by atoms with E-state index in [9.17, 15) is 10.1 Å². The first kappa shape index (κ1) is 15.6. The SMILES string of the molecule is CCNC(=O)c1sc(NC2CCCCCC2)c(C#N)c1N. The van der Waals surface area contributed by atoms with Crippen molar-refractivity contribution in [3.8, 4) is 6.07 Å². The van der Waals surface area contributed by atoms with Gasteiger partial charge < -0.3 is 16.4 Å². The van der Waals surface area contributed by atoms with Gasteiger partial charge in [-0.15, -0.1) is 11.3 Å². The van der Waals surface area contributed by atoms with Gasteiger partial charge in [0.25, 0.3) is 5.91 Å². The second-order valence-electron chi connectivity index (χ2n) is 5.35. The standard InChI is InChI=1S/C15H22N4OS/c1-2-18-14(20)13-12(17)11(9-16)15(21-13)19-10-7-5-3-4-6-8-10/h10,19H,2-8,17H2,1H3,(H,18,20). The molecule has 5 nitrogen and oxygen atoms in total. The average Bonchev–Trinajstić information content (AvgIpc) is 2.65. The largest absolute Gasteiger partial charge is 0.396 e. The molecule has 1 aliphatic rings. The van der Waals surface area contributed by atoms with E-state index in [0.29, 0.717) is 28.7 Å². The molecule has 0 radical (unpaired) electrons. The molecule has 0 bridgehead atoms. The van der Waals surface area contributed by atoms with Crippen molar-refractivity contribution in [3.63, 3.8) is 0 Å². The van der Waals surface area contributed by atoms with Gasteiger partial charge in [-0.3, -0.25) is 4.79 Å². The van der Waals surface area contributed by atoms with Crippen LogP contribution in [-0.4, -0.2) is 18.5 Å². The van der Waals surface area contributed by atoms with Gasteiger partial charge in [0.2, 0.25) is 0 Å². The smallest absolute Gasteiger partial charge is 0.263 e. The van der Waals surface area contributed by atoms with Crippen LogP contribution in [-0.2, 0) is 0 Å². The van der Waals surface area contributed by atoms with Gasteiger partial charge in [-0.25, -0.2) is 0 Å². The average molecular weight is 306 g/mol. The minimum atomic E-state index is -0.203. The number of thiophene rings is 1. The number of nitrogens with two attached hydrogens (primary N) is 1. The summed E-state index contributed by atoms with van der Waals surface area (Å²) < 4.78 is 0. The van der Waals surface area contributed by atoms with Crippen molar-refractivity contribution in [2.75, 3.05) is 17.6 Å². The summed E-state index contributed by atoms with van der Waals surface area (Å²) in [7, 11) is 0. The topological polar surface area (TPSA) is 90.9 Å². The fourth-order valence-electron chi connectivity index (χ4n) is 2.68. The molecular formula is C15H22N4OS. The minimum Gasteiger partial charge on any atom is -0.396 e. The number of amides is 1. The van der Waals surface area contributed by atoms with E-state index in [1.807, 2.05) is 6.92 Å². The number of hydrogen-bond acceptors (Lipinski definition) is 5. The lowest BCUT2D eigenvalue weighted by Gasteiger charge is -2.16. The molecule has 0 spiro atoms. The molecule has 6 heteroatoms. The Morgan fingerprint density at radius 1 is 1.38 bits per heavy atom. The van der Waals surface area contributed by atoms with E-state index in [1.54, 1.807) is 0 Å². The Morgan fingerprint density at radius 3 is 2.62 bits per heavy atom. The van der Waals surface area contributed by atoms with Gasteiger partial charge in [-0.05, 0) is 19.8 Å². The Bertz CT molecular complexity index is 539. The van der Waals surface area contributed by atoms with E-state index in [1.165, 1.54) is 37.0 Å². The Balaban J connectivity index is 2.20. The first-order valence-electron chi connectivity index (χ1n) is 7.54. The maximum atomic E-state index is 12.0. The quantitative estimate of drug-likeness (QED) is 0.745. The molecule has 0 atom stereocenters. The Hall–Kier alpha value is -1.74. The van der Waals surface area contributed by atoms with Gasteiger partial charge in [0, 0.05) is 12.6 Å².